The van der Waals surface area contributed by atoms with Crippen LogP contribution < -0.4 is 9.47 Å². The summed E-state index contributed by atoms with van der Waals surface area (Å²) in [6.07, 6.45) is 0. The number of carbonyl (C=O) groups excluding carboxylic acids is 1. The number of rotatable bonds is 3. The Morgan fingerprint density at radius 1 is 1.00 bits per heavy atom. The lowest BCUT2D eigenvalue weighted by atomic mass is 10.1. The average Bonchev–Trinajstić information content (AvgIpc) is 3.16. The van der Waals surface area contributed by atoms with Crippen molar-refractivity contribution in [3.8, 4) is 11.5 Å². The smallest absolute Gasteiger partial charge is 0.289 e. The van der Waals surface area contributed by atoms with Gasteiger partial charge in [-0.3, -0.25) is 4.79 Å². The van der Waals surface area contributed by atoms with E-state index in [0.29, 0.717) is 35.7 Å². The summed E-state index contributed by atoms with van der Waals surface area (Å²) in [5, 5.41) is 0.549. The van der Waals surface area contributed by atoms with E-state index >= 15 is 0 Å². The molecule has 8 nitrogen and oxygen atoms in total. The normalized spacial score (nSPS) is 17.0. The van der Waals surface area contributed by atoms with Crippen LogP contribution in [0.5, 0.6) is 11.5 Å². The lowest BCUT2D eigenvalue weighted by Gasteiger charge is -2.33. The minimum Gasteiger partial charge on any atom is -0.486 e. The number of fused-ring (bicyclic) bond motifs is 2. The summed E-state index contributed by atoms with van der Waals surface area (Å²) in [7, 11) is -3.76. The van der Waals surface area contributed by atoms with Gasteiger partial charge in [0.25, 0.3) is 5.91 Å². The molecule has 0 saturated carbocycles. The van der Waals surface area contributed by atoms with Crippen LogP contribution >= 0.6 is 0 Å². The van der Waals surface area contributed by atoms with Gasteiger partial charge in [0, 0.05) is 43.2 Å². The Bertz CT molecular complexity index is 1310. The highest BCUT2D eigenvalue weighted by Gasteiger charge is 2.33. The molecule has 2 aromatic carbocycles. The summed E-state index contributed by atoms with van der Waals surface area (Å²) in [6, 6.07) is 9.09. The van der Waals surface area contributed by atoms with E-state index in [0.717, 1.165) is 0 Å². The summed E-state index contributed by atoms with van der Waals surface area (Å²) in [6.45, 7) is 3.16. The van der Waals surface area contributed by atoms with Gasteiger partial charge in [-0.15, -0.1) is 0 Å². The number of benzene rings is 2. The molecule has 0 unspecified atom stereocenters. The number of para-hydroxylation sites is 1. The van der Waals surface area contributed by atoms with Crippen molar-refractivity contribution in [2.24, 2.45) is 0 Å². The zero-order valence-corrected chi connectivity index (χ0v) is 18.2. The fraction of sp³-hybridized carbons (Fsp3) is 0.318. The molecule has 3 heterocycles. The molecule has 0 bridgehead atoms. The van der Waals surface area contributed by atoms with E-state index in [-0.39, 0.29) is 48.3 Å². The van der Waals surface area contributed by atoms with Crippen molar-refractivity contribution in [3.63, 3.8) is 0 Å². The molecule has 32 heavy (non-hydrogen) atoms. The summed E-state index contributed by atoms with van der Waals surface area (Å²) >= 11 is 0. The van der Waals surface area contributed by atoms with Crippen molar-refractivity contribution in [3.05, 3.63) is 53.5 Å². The van der Waals surface area contributed by atoms with Crippen molar-refractivity contribution < 1.29 is 31.5 Å². The third-order valence-electron chi connectivity index (χ3n) is 5.79. The summed E-state index contributed by atoms with van der Waals surface area (Å²) in [5.41, 5.74) is 0.615. The molecule has 168 valence electrons. The molecule has 0 N–H and O–H groups in total. The Balaban J connectivity index is 1.32. The molecule has 0 aliphatic carbocycles. The van der Waals surface area contributed by atoms with E-state index in [4.69, 9.17) is 13.9 Å². The lowest BCUT2D eigenvalue weighted by molar-refractivity contribution is 0.0667. The van der Waals surface area contributed by atoms with Gasteiger partial charge in [0.15, 0.2) is 28.7 Å². The zero-order valence-electron chi connectivity index (χ0n) is 17.3. The molecule has 2 aliphatic heterocycles. The largest absolute Gasteiger partial charge is 0.486 e. The Morgan fingerprint density at radius 2 is 1.72 bits per heavy atom. The molecule has 1 saturated heterocycles. The van der Waals surface area contributed by atoms with Gasteiger partial charge >= 0.3 is 0 Å². The number of carbonyl (C=O) groups is 1. The highest BCUT2D eigenvalue weighted by atomic mass is 32.2. The topological polar surface area (TPSA) is 89.3 Å². The number of amides is 1. The van der Waals surface area contributed by atoms with Crippen LogP contribution in [0.1, 0.15) is 16.1 Å². The van der Waals surface area contributed by atoms with E-state index < -0.39 is 15.8 Å². The molecular formula is C22H21FN2O6S. The standard InChI is InChI=1S/C22H21FN2O6S/c1-14-16-3-2-4-17(23)21(16)31-20(14)22(26)24-7-9-25(10-8-24)32(27,28)15-5-6-18-19(13-15)30-12-11-29-18/h2-6,13H,7-12H2,1H3. The average molecular weight is 460 g/mol. The molecule has 1 amide bonds. The molecular weight excluding hydrogens is 439 g/mol. The van der Waals surface area contributed by atoms with E-state index in [1.54, 1.807) is 25.1 Å². The second-order valence-electron chi connectivity index (χ2n) is 7.67. The van der Waals surface area contributed by atoms with Crippen molar-refractivity contribution in [2.75, 3.05) is 39.4 Å². The highest BCUT2D eigenvalue weighted by molar-refractivity contribution is 7.89. The summed E-state index contributed by atoms with van der Waals surface area (Å²) in [5.74, 6) is 0.0877. The van der Waals surface area contributed by atoms with Gasteiger partial charge in [-0.2, -0.15) is 4.31 Å². The molecule has 1 aromatic heterocycles. The third-order valence-corrected chi connectivity index (χ3v) is 7.68. The van der Waals surface area contributed by atoms with E-state index in [1.807, 2.05) is 0 Å². The first-order valence-electron chi connectivity index (χ1n) is 10.2. The van der Waals surface area contributed by atoms with Crippen molar-refractivity contribution in [1.82, 2.24) is 9.21 Å². The second-order valence-corrected chi connectivity index (χ2v) is 9.61. The summed E-state index contributed by atoms with van der Waals surface area (Å²) < 4.78 is 58.0. The number of nitrogens with zero attached hydrogens (tertiary/aromatic N) is 2. The number of hydrogen-bond acceptors (Lipinski definition) is 6. The Hall–Kier alpha value is -3.11. The van der Waals surface area contributed by atoms with E-state index in [9.17, 15) is 17.6 Å². The maximum absolute atomic E-state index is 14.0. The van der Waals surface area contributed by atoms with Crippen LogP contribution in [0.3, 0.4) is 0 Å². The van der Waals surface area contributed by atoms with Crippen LogP contribution in [0.25, 0.3) is 11.0 Å². The second kappa shape index (κ2) is 7.79. The maximum Gasteiger partial charge on any atom is 0.289 e. The fourth-order valence-corrected chi connectivity index (χ4v) is 5.46. The predicted molar refractivity (Wildman–Crippen MR) is 113 cm³/mol. The van der Waals surface area contributed by atoms with Crippen LogP contribution in [0.2, 0.25) is 0 Å². The minimum atomic E-state index is -3.76. The SMILES string of the molecule is Cc1c(C(=O)N2CCN(S(=O)(=O)c3ccc4c(c3)OCCO4)CC2)oc2c(F)cccc12. The minimum absolute atomic E-state index is 0.0492. The number of sulfonamides is 1. The Morgan fingerprint density at radius 3 is 2.44 bits per heavy atom. The zero-order chi connectivity index (χ0) is 22.5. The van der Waals surface area contributed by atoms with Crippen LogP contribution in [0.4, 0.5) is 4.39 Å². The first-order valence-corrected chi connectivity index (χ1v) is 11.7. The quantitative estimate of drug-likeness (QED) is 0.597. The van der Waals surface area contributed by atoms with Crippen molar-refractivity contribution in [1.29, 1.82) is 0 Å². The number of furan rings is 1. The third kappa shape index (κ3) is 3.39. The molecule has 0 spiro atoms. The Kier molecular flexibility index (Phi) is 5.06. The number of aryl methyl sites for hydroxylation is 1. The lowest BCUT2D eigenvalue weighted by Crippen LogP contribution is -2.50. The number of halogens is 1. The van der Waals surface area contributed by atoms with Crippen molar-refractivity contribution >= 4 is 26.9 Å². The molecule has 10 heteroatoms. The summed E-state index contributed by atoms with van der Waals surface area (Å²) in [4.78, 5) is 14.6. The van der Waals surface area contributed by atoms with Gasteiger partial charge in [0.05, 0.1) is 4.90 Å². The molecule has 1 fully saturated rings. The predicted octanol–water partition coefficient (Wildman–Crippen LogP) is 2.80. The molecule has 0 atom stereocenters. The fourth-order valence-electron chi connectivity index (χ4n) is 4.02. The number of hydrogen-bond donors (Lipinski definition) is 0. The van der Waals surface area contributed by atoms with Crippen molar-refractivity contribution in [2.45, 2.75) is 11.8 Å². The van der Waals surface area contributed by atoms with Crippen LogP contribution in [-0.4, -0.2) is 62.9 Å². The maximum atomic E-state index is 14.0. The van der Waals surface area contributed by atoms with Gasteiger partial charge in [-0.05, 0) is 25.1 Å². The molecule has 0 radical (unpaired) electrons. The number of piperazine rings is 1. The van der Waals surface area contributed by atoms with Gasteiger partial charge in [-0.1, -0.05) is 12.1 Å². The molecule has 5 rings (SSSR count). The Labute approximate surface area is 184 Å². The van der Waals surface area contributed by atoms with Gasteiger partial charge in [-0.25, -0.2) is 12.8 Å². The van der Waals surface area contributed by atoms with E-state index in [2.05, 4.69) is 0 Å². The number of ether oxygens (including phenoxy) is 2. The van der Waals surface area contributed by atoms with Gasteiger partial charge in [0.2, 0.25) is 10.0 Å². The van der Waals surface area contributed by atoms with Crippen LogP contribution in [-0.2, 0) is 10.0 Å². The first-order chi connectivity index (χ1) is 15.4. The highest BCUT2D eigenvalue weighted by Crippen LogP contribution is 2.33. The van der Waals surface area contributed by atoms with Gasteiger partial charge < -0.3 is 18.8 Å². The van der Waals surface area contributed by atoms with E-state index in [1.165, 1.54) is 27.4 Å². The van der Waals surface area contributed by atoms with Gasteiger partial charge in [0.1, 0.15) is 13.2 Å². The first kappa shape index (κ1) is 20.8. The molecule has 3 aromatic rings. The molecule has 2 aliphatic rings. The van der Waals surface area contributed by atoms with Crippen LogP contribution in [0.15, 0.2) is 45.7 Å². The van der Waals surface area contributed by atoms with Crippen LogP contribution in [0, 0.1) is 12.7 Å². The monoisotopic (exact) mass is 460 g/mol.